The topological polar surface area (TPSA) is 71.3 Å². The molecule has 2 rings (SSSR count). The summed E-state index contributed by atoms with van der Waals surface area (Å²) in [7, 11) is 0. The lowest BCUT2D eigenvalue weighted by atomic mass is 10.3. The Morgan fingerprint density at radius 3 is 2.65 bits per heavy atom. The molecule has 2 amide bonds. The van der Waals surface area contributed by atoms with Crippen molar-refractivity contribution in [3.8, 4) is 0 Å². The van der Waals surface area contributed by atoms with Crippen molar-refractivity contribution < 1.29 is 22.8 Å². The third-order valence-electron chi connectivity index (χ3n) is 2.36. The predicted octanol–water partition coefficient (Wildman–Crippen LogP) is 1.93. The Hall–Kier alpha value is -2.70. The summed E-state index contributed by atoms with van der Waals surface area (Å²) >= 11 is 0. The minimum atomic E-state index is -0.893. The van der Waals surface area contributed by atoms with Crippen LogP contribution in [-0.4, -0.2) is 18.4 Å². The number of carbonyl (C=O) groups is 2. The van der Waals surface area contributed by atoms with Crippen molar-refractivity contribution in [1.82, 2.24) is 5.32 Å². The fraction of sp³-hybridized carbons (Fsp3) is 0.0769. The van der Waals surface area contributed by atoms with Crippen molar-refractivity contribution in [1.29, 1.82) is 0 Å². The molecule has 0 radical (unpaired) electrons. The fourth-order valence-electron chi connectivity index (χ4n) is 1.44. The molecule has 0 fully saturated rings. The van der Waals surface area contributed by atoms with Crippen LogP contribution in [0.4, 0.5) is 14.5 Å². The molecule has 0 aliphatic carbocycles. The maximum Gasteiger partial charge on any atom is 0.287 e. The van der Waals surface area contributed by atoms with E-state index in [1.165, 1.54) is 18.4 Å². The number of anilines is 1. The van der Waals surface area contributed by atoms with Crippen molar-refractivity contribution in [3.05, 3.63) is 54.0 Å². The monoisotopic (exact) mass is 280 g/mol. The average Bonchev–Trinajstić information content (AvgIpc) is 2.93. The molecule has 0 aliphatic heterocycles. The highest BCUT2D eigenvalue weighted by Crippen LogP contribution is 2.14. The van der Waals surface area contributed by atoms with Crippen LogP contribution in [0.5, 0.6) is 0 Å². The molecule has 0 saturated heterocycles. The van der Waals surface area contributed by atoms with Crippen molar-refractivity contribution in [2.45, 2.75) is 0 Å². The summed E-state index contributed by atoms with van der Waals surface area (Å²) in [6.07, 6.45) is 1.32. The average molecular weight is 280 g/mol. The maximum atomic E-state index is 13.3. The van der Waals surface area contributed by atoms with Gasteiger partial charge in [-0.3, -0.25) is 9.59 Å². The lowest BCUT2D eigenvalue weighted by molar-refractivity contribution is -0.115. The molecule has 104 valence electrons. The number of benzene rings is 1. The van der Waals surface area contributed by atoms with Gasteiger partial charge in [0.05, 0.1) is 18.5 Å². The van der Waals surface area contributed by atoms with Gasteiger partial charge in [0.15, 0.2) is 5.76 Å². The van der Waals surface area contributed by atoms with Gasteiger partial charge in [-0.05, 0) is 24.3 Å². The summed E-state index contributed by atoms with van der Waals surface area (Å²) in [6, 6.07) is 5.73. The van der Waals surface area contributed by atoms with Crippen LogP contribution in [0, 0.1) is 11.6 Å². The molecular weight excluding hydrogens is 270 g/mol. The number of hydrogen-bond acceptors (Lipinski definition) is 3. The van der Waals surface area contributed by atoms with Crippen LogP contribution < -0.4 is 10.6 Å². The molecule has 20 heavy (non-hydrogen) atoms. The van der Waals surface area contributed by atoms with Crippen LogP contribution in [0.1, 0.15) is 10.6 Å². The molecule has 0 saturated carbocycles. The van der Waals surface area contributed by atoms with Crippen molar-refractivity contribution in [2.75, 3.05) is 11.9 Å². The van der Waals surface area contributed by atoms with Crippen LogP contribution in [0.15, 0.2) is 41.0 Å². The highest BCUT2D eigenvalue weighted by Gasteiger charge is 2.11. The van der Waals surface area contributed by atoms with Crippen LogP contribution in [-0.2, 0) is 4.79 Å². The van der Waals surface area contributed by atoms with Crippen LogP contribution in [0.25, 0.3) is 0 Å². The number of hydrogen-bond donors (Lipinski definition) is 2. The fourth-order valence-corrected chi connectivity index (χ4v) is 1.44. The zero-order valence-electron chi connectivity index (χ0n) is 10.2. The second kappa shape index (κ2) is 5.96. The lowest BCUT2D eigenvalue weighted by Crippen LogP contribution is -2.32. The molecule has 1 aromatic carbocycles. The van der Waals surface area contributed by atoms with Gasteiger partial charge in [-0.2, -0.15) is 0 Å². The number of furan rings is 1. The molecule has 0 aliphatic rings. The minimum absolute atomic E-state index is 0.0609. The van der Waals surface area contributed by atoms with E-state index in [0.29, 0.717) is 6.07 Å². The minimum Gasteiger partial charge on any atom is -0.459 e. The normalized spacial score (nSPS) is 10.1. The summed E-state index contributed by atoms with van der Waals surface area (Å²) in [5, 5.41) is 4.51. The highest BCUT2D eigenvalue weighted by atomic mass is 19.1. The Balaban J connectivity index is 1.88. The Kier molecular flexibility index (Phi) is 4.09. The molecular formula is C13H10F2N2O3. The zero-order chi connectivity index (χ0) is 14.5. The van der Waals surface area contributed by atoms with E-state index in [0.717, 1.165) is 12.1 Å². The molecule has 0 spiro atoms. The molecule has 2 N–H and O–H groups in total. The number of rotatable bonds is 4. The van der Waals surface area contributed by atoms with E-state index in [4.69, 9.17) is 4.42 Å². The van der Waals surface area contributed by atoms with Crippen molar-refractivity contribution in [2.24, 2.45) is 0 Å². The Labute approximate surface area is 112 Å². The first-order valence-corrected chi connectivity index (χ1v) is 5.63. The second-order valence-electron chi connectivity index (χ2n) is 3.83. The van der Waals surface area contributed by atoms with E-state index in [1.807, 2.05) is 0 Å². The molecule has 0 unspecified atom stereocenters. The summed E-state index contributed by atoms with van der Waals surface area (Å²) in [6.45, 7) is -0.365. The molecule has 0 atom stereocenters. The predicted molar refractivity (Wildman–Crippen MR) is 66.0 cm³/mol. The first-order valence-electron chi connectivity index (χ1n) is 5.63. The van der Waals surface area contributed by atoms with E-state index >= 15 is 0 Å². The second-order valence-corrected chi connectivity index (χ2v) is 3.83. The Morgan fingerprint density at radius 2 is 2.00 bits per heavy atom. The van der Waals surface area contributed by atoms with Crippen LogP contribution in [0.3, 0.4) is 0 Å². The van der Waals surface area contributed by atoms with E-state index in [2.05, 4.69) is 10.6 Å². The standard InChI is InChI=1S/C13H10F2N2O3/c14-8-3-4-10(9(15)6-8)17-12(18)7-16-13(19)11-2-1-5-20-11/h1-6H,7H2,(H,16,19)(H,17,18). The van der Waals surface area contributed by atoms with Gasteiger partial charge in [0.2, 0.25) is 5.91 Å². The van der Waals surface area contributed by atoms with E-state index < -0.39 is 23.4 Å². The molecule has 5 nitrogen and oxygen atoms in total. The largest absolute Gasteiger partial charge is 0.459 e. The number of nitrogens with one attached hydrogen (secondary N) is 2. The smallest absolute Gasteiger partial charge is 0.287 e. The van der Waals surface area contributed by atoms with Crippen LogP contribution >= 0.6 is 0 Å². The first kappa shape index (κ1) is 13.7. The zero-order valence-corrected chi connectivity index (χ0v) is 10.2. The van der Waals surface area contributed by atoms with Gasteiger partial charge in [-0.25, -0.2) is 8.78 Å². The van der Waals surface area contributed by atoms with Gasteiger partial charge < -0.3 is 15.1 Å². The first-order chi connectivity index (χ1) is 9.56. The van der Waals surface area contributed by atoms with Crippen molar-refractivity contribution >= 4 is 17.5 Å². The Bertz CT molecular complexity index is 627. The van der Waals surface area contributed by atoms with Crippen molar-refractivity contribution in [3.63, 3.8) is 0 Å². The van der Waals surface area contributed by atoms with E-state index in [1.54, 1.807) is 0 Å². The van der Waals surface area contributed by atoms with Gasteiger partial charge in [-0.15, -0.1) is 0 Å². The summed E-state index contributed by atoms with van der Waals surface area (Å²) in [5.74, 6) is -2.78. The summed E-state index contributed by atoms with van der Waals surface area (Å²) < 4.78 is 30.8. The quantitative estimate of drug-likeness (QED) is 0.898. The Morgan fingerprint density at radius 1 is 1.20 bits per heavy atom. The molecule has 1 heterocycles. The number of amides is 2. The lowest BCUT2D eigenvalue weighted by Gasteiger charge is -2.07. The molecule has 1 aromatic heterocycles. The van der Waals surface area contributed by atoms with E-state index in [-0.39, 0.29) is 18.0 Å². The number of halogens is 2. The van der Waals surface area contributed by atoms with Gasteiger partial charge in [0.1, 0.15) is 11.6 Å². The summed E-state index contributed by atoms with van der Waals surface area (Å²) in [4.78, 5) is 23.0. The summed E-state index contributed by atoms with van der Waals surface area (Å²) in [5.41, 5.74) is -0.163. The molecule has 0 bridgehead atoms. The van der Waals surface area contributed by atoms with E-state index in [9.17, 15) is 18.4 Å². The van der Waals surface area contributed by atoms with Gasteiger partial charge in [-0.1, -0.05) is 0 Å². The molecule has 2 aromatic rings. The van der Waals surface area contributed by atoms with Gasteiger partial charge in [0.25, 0.3) is 5.91 Å². The molecule has 7 heteroatoms. The van der Waals surface area contributed by atoms with Gasteiger partial charge >= 0.3 is 0 Å². The number of carbonyl (C=O) groups excluding carboxylic acids is 2. The highest BCUT2D eigenvalue weighted by molar-refractivity contribution is 5.98. The van der Waals surface area contributed by atoms with Gasteiger partial charge in [0, 0.05) is 6.07 Å². The third-order valence-corrected chi connectivity index (χ3v) is 2.36. The third kappa shape index (κ3) is 3.41. The van der Waals surface area contributed by atoms with Crippen LogP contribution in [0.2, 0.25) is 0 Å². The SMILES string of the molecule is O=C(CNC(=O)c1ccco1)Nc1ccc(F)cc1F. The maximum absolute atomic E-state index is 13.3.